The van der Waals surface area contributed by atoms with Crippen LogP contribution in [0.25, 0.3) is 0 Å². The zero-order chi connectivity index (χ0) is 12.3. The molecule has 0 aromatic carbocycles. The number of cyclic esters (lactones) is 2. The fraction of sp³-hybridized carbons (Fsp3) is 0.875. The van der Waals surface area contributed by atoms with E-state index in [0.717, 1.165) is 23.7 Å². The molecule has 0 radical (unpaired) electrons. The van der Waals surface area contributed by atoms with Crippen LogP contribution in [0, 0.1) is 58.2 Å². The lowest BCUT2D eigenvalue weighted by Gasteiger charge is -3.04. The Hall–Kier alpha value is -0.860. The largest absolute Gasteiger partial charge is 0.393 e. The molecular formula is C16H16O3. The van der Waals surface area contributed by atoms with Gasteiger partial charge in [0.05, 0.1) is 11.8 Å². The van der Waals surface area contributed by atoms with Gasteiger partial charge in [0.1, 0.15) is 0 Å². The van der Waals surface area contributed by atoms with Crippen LogP contribution in [0.1, 0.15) is 25.7 Å². The number of hydrogen-bond acceptors (Lipinski definition) is 3. The third-order valence-corrected chi connectivity index (χ3v) is 9.07. The van der Waals surface area contributed by atoms with Crippen LogP contribution in [0.15, 0.2) is 0 Å². The molecule has 1 heterocycles. The van der Waals surface area contributed by atoms with Crippen molar-refractivity contribution in [1.29, 1.82) is 0 Å². The molecule has 7 saturated carbocycles. The van der Waals surface area contributed by atoms with Crippen molar-refractivity contribution in [3.63, 3.8) is 0 Å². The summed E-state index contributed by atoms with van der Waals surface area (Å²) in [7, 11) is 0. The molecule has 1 aliphatic heterocycles. The van der Waals surface area contributed by atoms with Gasteiger partial charge in [-0.1, -0.05) is 12.8 Å². The first-order valence-corrected chi connectivity index (χ1v) is 8.01. The Morgan fingerprint density at radius 1 is 0.789 bits per heavy atom. The van der Waals surface area contributed by atoms with E-state index >= 15 is 0 Å². The van der Waals surface area contributed by atoms with Gasteiger partial charge >= 0.3 is 11.9 Å². The first-order chi connectivity index (χ1) is 9.25. The van der Waals surface area contributed by atoms with Gasteiger partial charge < -0.3 is 4.74 Å². The van der Waals surface area contributed by atoms with Crippen LogP contribution < -0.4 is 0 Å². The van der Waals surface area contributed by atoms with Crippen molar-refractivity contribution in [3.8, 4) is 0 Å². The van der Waals surface area contributed by atoms with Crippen molar-refractivity contribution in [2.45, 2.75) is 25.7 Å². The van der Waals surface area contributed by atoms with Crippen LogP contribution >= 0.6 is 0 Å². The first kappa shape index (κ1) is 9.15. The van der Waals surface area contributed by atoms with E-state index in [2.05, 4.69) is 0 Å². The van der Waals surface area contributed by atoms with E-state index in [-0.39, 0.29) is 23.8 Å². The van der Waals surface area contributed by atoms with Gasteiger partial charge in [-0.05, 0) is 59.2 Å². The molecule has 98 valence electrons. The van der Waals surface area contributed by atoms with E-state index in [1.54, 1.807) is 0 Å². The van der Waals surface area contributed by atoms with Crippen LogP contribution in [-0.4, -0.2) is 11.9 Å². The van der Waals surface area contributed by atoms with Gasteiger partial charge in [-0.15, -0.1) is 0 Å². The molecule has 0 unspecified atom stereocenters. The third kappa shape index (κ3) is 0.494. The van der Waals surface area contributed by atoms with Crippen LogP contribution in [0.4, 0.5) is 0 Å². The number of carbonyl (C=O) groups excluding carboxylic acids is 2. The second-order valence-electron chi connectivity index (χ2n) is 8.34. The van der Waals surface area contributed by atoms with Gasteiger partial charge in [0, 0.05) is 0 Å². The van der Waals surface area contributed by atoms with E-state index in [9.17, 15) is 9.59 Å². The van der Waals surface area contributed by atoms with E-state index in [1.165, 1.54) is 25.7 Å². The number of ether oxygens (including phenoxy) is 1. The lowest BCUT2D eigenvalue weighted by atomic mass is 8.99. The lowest BCUT2D eigenvalue weighted by molar-refractivity contribution is -0.581. The van der Waals surface area contributed by atoms with Crippen molar-refractivity contribution >= 4 is 11.9 Å². The predicted octanol–water partition coefficient (Wildman–Crippen LogP) is 1.61. The summed E-state index contributed by atoms with van der Waals surface area (Å²) in [6.07, 6.45) is 5.41. The zero-order valence-electron chi connectivity index (χ0n) is 10.7. The van der Waals surface area contributed by atoms with E-state index < -0.39 is 0 Å². The molecule has 8 aliphatic rings. The summed E-state index contributed by atoms with van der Waals surface area (Å²) < 4.78 is 5.06. The van der Waals surface area contributed by atoms with Gasteiger partial charge in [-0.25, -0.2) is 0 Å². The summed E-state index contributed by atoms with van der Waals surface area (Å²) in [5.74, 6) is 4.27. The summed E-state index contributed by atoms with van der Waals surface area (Å²) in [5.41, 5.74) is 1.01. The second-order valence-corrected chi connectivity index (χ2v) is 8.34. The quantitative estimate of drug-likeness (QED) is 0.488. The van der Waals surface area contributed by atoms with Crippen molar-refractivity contribution in [3.05, 3.63) is 0 Å². The minimum atomic E-state index is -0.161. The SMILES string of the molecule is O=C1OC(=O)[C@H]2[C@H]1[C@@H]1[C@H]3[C@H]4[C@H]2[C@@]25CCCC[C@]12[C@H]3[C@H]45. The third-order valence-electron chi connectivity index (χ3n) is 9.07. The molecule has 8 rings (SSSR count). The average Bonchev–Trinajstić information content (AvgIpc) is 2.64. The Balaban J connectivity index is 1.51. The van der Waals surface area contributed by atoms with Crippen LogP contribution in [0.3, 0.4) is 0 Å². The average molecular weight is 256 g/mol. The molecule has 3 nitrogen and oxygen atoms in total. The molecule has 2 bridgehead atoms. The smallest absolute Gasteiger partial charge is 0.317 e. The van der Waals surface area contributed by atoms with Gasteiger partial charge in [-0.2, -0.15) is 0 Å². The standard InChI is InChI=1S/C16H16O3/c17-13-7-8(14(18)19-13)10-6-5-9(7)15-3-1-2-4-16(10,15)12(6)11(5)15/h5-12H,1-4H2/t5-,6+,7-,8-,9+,10-,11-,12+,15+,16+/m0/s1. The molecule has 7 aliphatic carbocycles. The molecule has 2 spiro atoms. The van der Waals surface area contributed by atoms with E-state index in [0.29, 0.717) is 22.7 Å². The van der Waals surface area contributed by atoms with E-state index in [4.69, 9.17) is 4.74 Å². The molecule has 0 aromatic rings. The van der Waals surface area contributed by atoms with Gasteiger partial charge in [0.25, 0.3) is 0 Å². The maximum Gasteiger partial charge on any atom is 0.317 e. The fourth-order valence-corrected chi connectivity index (χ4v) is 9.46. The number of esters is 2. The highest BCUT2D eigenvalue weighted by molar-refractivity contribution is 5.98. The first-order valence-electron chi connectivity index (χ1n) is 8.01. The van der Waals surface area contributed by atoms with Crippen LogP contribution in [0.2, 0.25) is 0 Å². The maximum atomic E-state index is 12.1. The van der Waals surface area contributed by atoms with Gasteiger partial charge in [0.2, 0.25) is 0 Å². The van der Waals surface area contributed by atoms with Crippen molar-refractivity contribution in [2.24, 2.45) is 58.2 Å². The second kappa shape index (κ2) is 2.10. The Morgan fingerprint density at radius 2 is 1.26 bits per heavy atom. The highest BCUT2D eigenvalue weighted by Crippen LogP contribution is 3.05. The molecule has 10 atom stereocenters. The summed E-state index contributed by atoms with van der Waals surface area (Å²) in [4.78, 5) is 24.3. The fourth-order valence-electron chi connectivity index (χ4n) is 9.46. The molecule has 3 heteroatoms. The van der Waals surface area contributed by atoms with Crippen molar-refractivity contribution < 1.29 is 14.3 Å². The normalized spacial score (nSPS) is 75.6. The Labute approximate surface area is 111 Å². The van der Waals surface area contributed by atoms with Crippen LogP contribution in [-0.2, 0) is 14.3 Å². The molecule has 1 saturated heterocycles. The summed E-state index contributed by atoms with van der Waals surface area (Å²) in [6, 6.07) is 0. The molecule has 0 amide bonds. The molecule has 0 aromatic heterocycles. The van der Waals surface area contributed by atoms with Crippen molar-refractivity contribution in [1.82, 2.24) is 0 Å². The molecule has 19 heavy (non-hydrogen) atoms. The van der Waals surface area contributed by atoms with E-state index in [1.807, 2.05) is 0 Å². The minimum absolute atomic E-state index is 0.0255. The Bertz CT molecular complexity index is 559. The molecule has 8 fully saturated rings. The van der Waals surface area contributed by atoms with Gasteiger partial charge in [0.15, 0.2) is 0 Å². The lowest BCUT2D eigenvalue weighted by Crippen LogP contribution is -3.02. The predicted molar refractivity (Wildman–Crippen MR) is 62.4 cm³/mol. The number of rotatable bonds is 0. The minimum Gasteiger partial charge on any atom is -0.393 e. The summed E-state index contributed by atoms with van der Waals surface area (Å²) >= 11 is 0. The summed E-state index contributed by atoms with van der Waals surface area (Å²) in [6.45, 7) is 0. The Morgan fingerprint density at radius 3 is 1.74 bits per heavy atom. The summed E-state index contributed by atoms with van der Waals surface area (Å²) in [5, 5.41) is 0. The number of hydrogen-bond donors (Lipinski definition) is 0. The highest BCUT2D eigenvalue weighted by Gasteiger charge is 3.03. The molecule has 0 N–H and O–H groups in total. The highest BCUT2D eigenvalue weighted by atomic mass is 16.6. The van der Waals surface area contributed by atoms with Crippen LogP contribution in [0.5, 0.6) is 0 Å². The monoisotopic (exact) mass is 256 g/mol. The maximum absolute atomic E-state index is 12.1. The van der Waals surface area contributed by atoms with Gasteiger partial charge in [-0.3, -0.25) is 9.59 Å². The topological polar surface area (TPSA) is 43.4 Å². The Kier molecular flexibility index (Phi) is 1.01. The number of carbonyl (C=O) groups is 2. The zero-order valence-corrected chi connectivity index (χ0v) is 10.7. The van der Waals surface area contributed by atoms with Crippen molar-refractivity contribution in [2.75, 3.05) is 0 Å². The molecular weight excluding hydrogens is 240 g/mol.